The molecule has 2 aromatic carbocycles. The Bertz CT molecular complexity index is 898. The van der Waals surface area contributed by atoms with Crippen molar-refractivity contribution in [2.45, 2.75) is 66.6 Å². The third-order valence-electron chi connectivity index (χ3n) is 6.00. The van der Waals surface area contributed by atoms with Crippen molar-refractivity contribution in [1.82, 2.24) is 0 Å². The van der Waals surface area contributed by atoms with Crippen molar-refractivity contribution in [3.05, 3.63) is 71.8 Å². The number of carbonyl (C=O) groups is 2. The number of rotatable bonds is 17. The van der Waals surface area contributed by atoms with Gasteiger partial charge in [-0.1, -0.05) is 74.5 Å². The zero-order chi connectivity index (χ0) is 26.3. The maximum Gasteiger partial charge on any atom is 0.311 e. The predicted molar refractivity (Wildman–Crippen MR) is 153 cm³/mol. The van der Waals surface area contributed by atoms with E-state index in [1.807, 2.05) is 98.0 Å². The Labute approximate surface area is 226 Å². The highest BCUT2D eigenvalue weighted by atomic mass is 32.2. The van der Waals surface area contributed by atoms with Crippen LogP contribution in [-0.2, 0) is 32.3 Å². The van der Waals surface area contributed by atoms with Crippen LogP contribution in [0.2, 0.25) is 0 Å². The zero-order valence-corrected chi connectivity index (χ0v) is 23.9. The number of hydrogen-bond donors (Lipinski definition) is 0. The van der Waals surface area contributed by atoms with Crippen LogP contribution in [0.15, 0.2) is 60.7 Å². The number of ether oxygens (including phenoxy) is 2. The van der Waals surface area contributed by atoms with Crippen LogP contribution in [0.4, 0.5) is 0 Å². The lowest BCUT2D eigenvalue weighted by Crippen LogP contribution is -2.27. The Morgan fingerprint density at radius 2 is 1.19 bits per heavy atom. The number of thioether (sulfide) groups is 2. The van der Waals surface area contributed by atoms with E-state index in [-0.39, 0.29) is 17.4 Å². The van der Waals surface area contributed by atoms with Gasteiger partial charge >= 0.3 is 11.9 Å². The van der Waals surface area contributed by atoms with Crippen LogP contribution in [0, 0.1) is 10.8 Å². The van der Waals surface area contributed by atoms with Gasteiger partial charge in [-0.15, -0.1) is 0 Å². The molecule has 0 N–H and O–H groups in total. The van der Waals surface area contributed by atoms with Crippen LogP contribution in [0.3, 0.4) is 0 Å². The highest BCUT2D eigenvalue weighted by Gasteiger charge is 2.29. The predicted octanol–water partition coefficient (Wildman–Crippen LogP) is 7.55. The van der Waals surface area contributed by atoms with Crippen LogP contribution < -0.4 is 0 Å². The van der Waals surface area contributed by atoms with E-state index in [0.717, 1.165) is 53.4 Å². The van der Waals surface area contributed by atoms with E-state index in [2.05, 4.69) is 13.8 Å². The second-order valence-corrected chi connectivity index (χ2v) is 13.0. The van der Waals surface area contributed by atoms with Gasteiger partial charge in [0.2, 0.25) is 0 Å². The van der Waals surface area contributed by atoms with Crippen molar-refractivity contribution in [2.24, 2.45) is 10.8 Å². The molecule has 0 aromatic heterocycles. The molecule has 0 saturated carbocycles. The van der Waals surface area contributed by atoms with Gasteiger partial charge < -0.3 is 9.47 Å². The van der Waals surface area contributed by atoms with Crippen LogP contribution >= 0.6 is 23.5 Å². The summed E-state index contributed by atoms with van der Waals surface area (Å²) in [6.45, 7) is 8.89. The summed E-state index contributed by atoms with van der Waals surface area (Å²) < 4.78 is 11.0. The zero-order valence-electron chi connectivity index (χ0n) is 22.3. The first kappa shape index (κ1) is 30.3. The number of benzene rings is 2. The third-order valence-corrected chi connectivity index (χ3v) is 8.14. The Balaban J connectivity index is 1.48. The third kappa shape index (κ3) is 12.9. The minimum atomic E-state index is -0.468. The molecule has 0 heterocycles. The first-order valence-electron chi connectivity index (χ1n) is 12.7. The fourth-order valence-corrected chi connectivity index (χ4v) is 6.07. The second-order valence-electron chi connectivity index (χ2n) is 10.5. The van der Waals surface area contributed by atoms with E-state index < -0.39 is 5.41 Å². The lowest BCUT2D eigenvalue weighted by Gasteiger charge is -2.23. The van der Waals surface area contributed by atoms with Gasteiger partial charge in [0.05, 0.1) is 11.8 Å². The van der Waals surface area contributed by atoms with E-state index in [1.54, 1.807) is 0 Å². The summed E-state index contributed by atoms with van der Waals surface area (Å²) in [6.07, 6.45) is 3.39. The smallest absolute Gasteiger partial charge is 0.311 e. The van der Waals surface area contributed by atoms with Crippen LogP contribution in [0.25, 0.3) is 0 Å². The highest BCUT2D eigenvalue weighted by Crippen LogP contribution is 2.28. The molecule has 0 fully saturated rings. The maximum absolute atomic E-state index is 12.5. The lowest BCUT2D eigenvalue weighted by atomic mass is 9.86. The van der Waals surface area contributed by atoms with Gasteiger partial charge in [0.1, 0.15) is 13.2 Å². The fraction of sp³-hybridized carbons (Fsp3) is 0.533. The molecule has 0 aliphatic rings. The molecule has 0 bridgehead atoms. The topological polar surface area (TPSA) is 52.6 Å². The van der Waals surface area contributed by atoms with E-state index >= 15 is 0 Å². The standard InChI is InChI=1S/C30H42O4S2/c1-29(2,22-27(31)33-23-25-12-7-5-8-13-25)16-20-35-18-11-19-36-21-17-30(3,4)28(32)34-24-26-14-9-6-10-15-26/h5-10,12-15H,11,16-24H2,1-4H3. The molecule has 0 radical (unpaired) electrons. The Morgan fingerprint density at radius 3 is 1.75 bits per heavy atom. The average molecular weight is 531 g/mol. The monoisotopic (exact) mass is 530 g/mol. The highest BCUT2D eigenvalue weighted by molar-refractivity contribution is 8.00. The van der Waals surface area contributed by atoms with Gasteiger partial charge in [-0.25, -0.2) is 0 Å². The van der Waals surface area contributed by atoms with Crippen LogP contribution in [-0.4, -0.2) is 35.0 Å². The molecular weight excluding hydrogens is 488 g/mol. The first-order valence-corrected chi connectivity index (χ1v) is 15.1. The molecule has 2 rings (SSSR count). The average Bonchev–Trinajstić information content (AvgIpc) is 2.86. The Kier molecular flexibility index (Phi) is 13.5. The minimum absolute atomic E-state index is 0.0593. The van der Waals surface area contributed by atoms with Gasteiger partial charge in [0.15, 0.2) is 0 Å². The second kappa shape index (κ2) is 16.0. The molecule has 0 atom stereocenters. The lowest BCUT2D eigenvalue weighted by molar-refractivity contribution is -0.155. The Morgan fingerprint density at radius 1 is 0.694 bits per heavy atom. The van der Waals surface area contributed by atoms with Crippen LogP contribution in [0.1, 0.15) is 64.5 Å². The summed E-state index contributed by atoms with van der Waals surface area (Å²) >= 11 is 3.86. The molecule has 0 aliphatic heterocycles. The SMILES string of the molecule is CC(C)(CCSCCCSCCC(C)(C)C(=O)OCc1ccccc1)CC(=O)OCc1ccccc1. The molecular formula is C30H42O4S2. The van der Waals surface area contributed by atoms with E-state index in [0.29, 0.717) is 19.6 Å². The molecule has 2 aromatic rings. The molecule has 4 nitrogen and oxygen atoms in total. The molecule has 0 amide bonds. The van der Waals surface area contributed by atoms with Crippen molar-refractivity contribution in [2.75, 3.05) is 23.0 Å². The maximum atomic E-state index is 12.5. The summed E-state index contributed by atoms with van der Waals surface area (Å²) in [7, 11) is 0. The molecule has 0 saturated heterocycles. The summed E-state index contributed by atoms with van der Waals surface area (Å²) in [5.41, 5.74) is 1.50. The van der Waals surface area contributed by atoms with Crippen molar-refractivity contribution >= 4 is 35.5 Å². The Hall–Kier alpha value is -1.92. The minimum Gasteiger partial charge on any atom is -0.461 e. The van der Waals surface area contributed by atoms with E-state index in [4.69, 9.17) is 9.47 Å². The van der Waals surface area contributed by atoms with Crippen molar-refractivity contribution in [1.29, 1.82) is 0 Å². The molecule has 6 heteroatoms. The number of hydrogen-bond acceptors (Lipinski definition) is 6. The van der Waals surface area contributed by atoms with Gasteiger partial charge in [0.25, 0.3) is 0 Å². The summed E-state index contributed by atoms with van der Waals surface area (Å²) in [6, 6.07) is 19.6. The quantitative estimate of drug-likeness (QED) is 0.155. The van der Waals surface area contributed by atoms with Gasteiger partial charge in [-0.05, 0) is 72.7 Å². The summed E-state index contributed by atoms with van der Waals surface area (Å²) in [4.78, 5) is 24.7. The summed E-state index contributed by atoms with van der Waals surface area (Å²) in [5.74, 6) is 3.95. The van der Waals surface area contributed by atoms with Crippen LogP contribution in [0.5, 0.6) is 0 Å². The number of carbonyl (C=O) groups excluding carboxylic acids is 2. The van der Waals surface area contributed by atoms with Gasteiger partial charge in [-0.2, -0.15) is 23.5 Å². The van der Waals surface area contributed by atoms with E-state index in [1.165, 1.54) is 0 Å². The molecule has 198 valence electrons. The molecule has 0 unspecified atom stereocenters. The van der Waals surface area contributed by atoms with E-state index in [9.17, 15) is 9.59 Å². The van der Waals surface area contributed by atoms with Crippen molar-refractivity contribution in [3.8, 4) is 0 Å². The number of esters is 2. The normalized spacial score (nSPS) is 11.8. The molecule has 36 heavy (non-hydrogen) atoms. The van der Waals surface area contributed by atoms with Gasteiger partial charge in [-0.3, -0.25) is 9.59 Å². The molecule has 0 aliphatic carbocycles. The van der Waals surface area contributed by atoms with Gasteiger partial charge in [0, 0.05) is 0 Å². The largest absolute Gasteiger partial charge is 0.461 e. The molecule has 0 spiro atoms. The first-order chi connectivity index (χ1) is 17.2. The van der Waals surface area contributed by atoms with Crippen molar-refractivity contribution in [3.63, 3.8) is 0 Å². The fourth-order valence-electron chi connectivity index (χ4n) is 3.43. The van der Waals surface area contributed by atoms with Crippen molar-refractivity contribution < 1.29 is 19.1 Å². The summed E-state index contributed by atoms with van der Waals surface area (Å²) in [5, 5.41) is 0.